The molecule has 2 aromatic heterocycles. The minimum Gasteiger partial charge on any atom is -0.370 e. The van der Waals surface area contributed by atoms with E-state index in [1.54, 1.807) is 23.9 Å². The lowest BCUT2D eigenvalue weighted by molar-refractivity contribution is 1.02. The fourth-order valence-electron chi connectivity index (χ4n) is 1.20. The van der Waals surface area contributed by atoms with Crippen LogP contribution in [0.3, 0.4) is 0 Å². The van der Waals surface area contributed by atoms with E-state index in [9.17, 15) is 0 Å². The summed E-state index contributed by atoms with van der Waals surface area (Å²) in [5, 5.41) is 3.24. The number of halogens is 1. The molecule has 0 saturated heterocycles. The largest absolute Gasteiger partial charge is 0.370 e. The summed E-state index contributed by atoms with van der Waals surface area (Å²) in [7, 11) is 0. The quantitative estimate of drug-likeness (QED) is 0.938. The Hall–Kier alpha value is -0.940. The summed E-state index contributed by atoms with van der Waals surface area (Å²) in [6.07, 6.45) is 4.29. The Bertz CT molecular complexity index is 416. The average molecular weight is 284 g/mol. The van der Waals surface area contributed by atoms with Crippen molar-refractivity contribution in [2.24, 2.45) is 0 Å². The van der Waals surface area contributed by atoms with Crippen molar-refractivity contribution < 1.29 is 0 Å². The van der Waals surface area contributed by atoms with Crippen molar-refractivity contribution in [2.45, 2.75) is 6.42 Å². The van der Waals surface area contributed by atoms with E-state index in [1.807, 2.05) is 6.07 Å². The van der Waals surface area contributed by atoms with E-state index in [2.05, 4.69) is 43.3 Å². The number of aromatic nitrogens is 2. The second kappa shape index (κ2) is 5.23. The number of anilines is 1. The standard InChI is InChI=1S/C10H10BrN3S/c11-9-2-1-8(15-9)3-6-13-10-4-5-12-7-14-10/h1-2,4-5,7H,3,6H2,(H,12,13,14). The zero-order valence-corrected chi connectivity index (χ0v) is 10.4. The van der Waals surface area contributed by atoms with E-state index in [1.165, 1.54) is 8.66 Å². The number of hydrogen-bond acceptors (Lipinski definition) is 4. The Kier molecular flexibility index (Phi) is 3.69. The molecule has 0 fully saturated rings. The van der Waals surface area contributed by atoms with Crippen LogP contribution in [-0.4, -0.2) is 16.5 Å². The maximum Gasteiger partial charge on any atom is 0.129 e. The molecule has 0 aliphatic rings. The maximum atomic E-state index is 4.09. The zero-order chi connectivity index (χ0) is 10.5. The molecule has 2 heterocycles. The molecule has 0 unspecified atom stereocenters. The molecular formula is C10H10BrN3S. The van der Waals surface area contributed by atoms with Crippen LogP contribution in [0.5, 0.6) is 0 Å². The minimum atomic E-state index is 0.876. The first kappa shape index (κ1) is 10.6. The van der Waals surface area contributed by atoms with Crippen molar-refractivity contribution >= 4 is 33.1 Å². The van der Waals surface area contributed by atoms with Crippen molar-refractivity contribution in [3.8, 4) is 0 Å². The van der Waals surface area contributed by atoms with Crippen molar-refractivity contribution in [1.82, 2.24) is 9.97 Å². The molecule has 0 amide bonds. The molecule has 1 N–H and O–H groups in total. The molecule has 0 radical (unpaired) electrons. The number of hydrogen-bond donors (Lipinski definition) is 1. The second-order valence-electron chi connectivity index (χ2n) is 2.98. The van der Waals surface area contributed by atoms with Gasteiger partial charge in [-0.15, -0.1) is 11.3 Å². The summed E-state index contributed by atoms with van der Waals surface area (Å²) in [5.41, 5.74) is 0. The van der Waals surface area contributed by atoms with Gasteiger partial charge in [0.15, 0.2) is 0 Å². The van der Waals surface area contributed by atoms with E-state index in [0.29, 0.717) is 0 Å². The van der Waals surface area contributed by atoms with E-state index in [-0.39, 0.29) is 0 Å². The first-order chi connectivity index (χ1) is 7.34. The van der Waals surface area contributed by atoms with E-state index >= 15 is 0 Å². The second-order valence-corrected chi connectivity index (χ2v) is 5.52. The average Bonchev–Trinajstić information content (AvgIpc) is 2.66. The van der Waals surface area contributed by atoms with Crippen LogP contribution in [0.1, 0.15) is 4.88 Å². The molecule has 0 spiro atoms. The minimum absolute atomic E-state index is 0.876. The van der Waals surface area contributed by atoms with Gasteiger partial charge >= 0.3 is 0 Å². The molecule has 5 heteroatoms. The molecule has 2 rings (SSSR count). The molecule has 78 valence electrons. The highest BCUT2D eigenvalue weighted by Crippen LogP contribution is 2.22. The third-order valence-corrected chi connectivity index (χ3v) is 3.57. The Labute approximate surface area is 101 Å². The number of nitrogens with zero attached hydrogens (tertiary/aromatic N) is 2. The van der Waals surface area contributed by atoms with Gasteiger partial charge in [0.25, 0.3) is 0 Å². The Morgan fingerprint density at radius 2 is 2.27 bits per heavy atom. The van der Waals surface area contributed by atoms with Gasteiger partial charge in [0.1, 0.15) is 12.1 Å². The highest BCUT2D eigenvalue weighted by molar-refractivity contribution is 9.11. The van der Waals surface area contributed by atoms with Crippen LogP contribution in [0.2, 0.25) is 0 Å². The molecule has 15 heavy (non-hydrogen) atoms. The first-order valence-corrected chi connectivity index (χ1v) is 6.19. The SMILES string of the molecule is Brc1ccc(CCNc2ccncn2)s1. The monoisotopic (exact) mass is 283 g/mol. The Balaban J connectivity index is 1.80. The van der Waals surface area contributed by atoms with Crippen molar-refractivity contribution in [3.63, 3.8) is 0 Å². The topological polar surface area (TPSA) is 37.8 Å². The highest BCUT2D eigenvalue weighted by atomic mass is 79.9. The predicted octanol–water partition coefficient (Wildman–Crippen LogP) is 2.96. The third kappa shape index (κ3) is 3.28. The van der Waals surface area contributed by atoms with Gasteiger partial charge in [-0.25, -0.2) is 9.97 Å². The van der Waals surface area contributed by atoms with Crippen LogP contribution in [0.25, 0.3) is 0 Å². The molecular weight excluding hydrogens is 274 g/mol. The lowest BCUT2D eigenvalue weighted by Gasteiger charge is -2.02. The van der Waals surface area contributed by atoms with Gasteiger partial charge in [-0.1, -0.05) is 0 Å². The normalized spacial score (nSPS) is 10.2. The van der Waals surface area contributed by atoms with Crippen LogP contribution in [0.15, 0.2) is 34.5 Å². The molecule has 3 nitrogen and oxygen atoms in total. The summed E-state index contributed by atoms with van der Waals surface area (Å²) in [6, 6.07) is 6.07. The Morgan fingerprint density at radius 1 is 1.33 bits per heavy atom. The summed E-state index contributed by atoms with van der Waals surface area (Å²) in [6.45, 7) is 0.893. The van der Waals surface area contributed by atoms with Gasteiger partial charge in [0, 0.05) is 17.6 Å². The number of rotatable bonds is 4. The van der Waals surface area contributed by atoms with Gasteiger partial charge < -0.3 is 5.32 Å². The summed E-state index contributed by atoms with van der Waals surface area (Å²) in [5.74, 6) is 0.876. The molecule has 0 saturated carbocycles. The van der Waals surface area contributed by atoms with Crippen LogP contribution in [0, 0.1) is 0 Å². The summed E-state index contributed by atoms with van der Waals surface area (Å²) < 4.78 is 1.18. The molecule has 0 aliphatic carbocycles. The van der Waals surface area contributed by atoms with E-state index in [4.69, 9.17) is 0 Å². The fourth-order valence-corrected chi connectivity index (χ4v) is 2.68. The highest BCUT2D eigenvalue weighted by Gasteiger charge is 1.97. The van der Waals surface area contributed by atoms with Gasteiger partial charge in [-0.3, -0.25) is 0 Å². The van der Waals surface area contributed by atoms with Crippen LogP contribution in [0.4, 0.5) is 5.82 Å². The maximum absolute atomic E-state index is 4.09. The predicted molar refractivity (Wildman–Crippen MR) is 66.2 cm³/mol. The van der Waals surface area contributed by atoms with Crippen molar-refractivity contribution in [1.29, 1.82) is 0 Å². The van der Waals surface area contributed by atoms with Gasteiger partial charge in [-0.05, 0) is 40.5 Å². The molecule has 2 aromatic rings. The fraction of sp³-hybridized carbons (Fsp3) is 0.200. The van der Waals surface area contributed by atoms with E-state index < -0.39 is 0 Å². The molecule has 0 aliphatic heterocycles. The van der Waals surface area contributed by atoms with Crippen LogP contribution < -0.4 is 5.32 Å². The van der Waals surface area contributed by atoms with Crippen LogP contribution >= 0.6 is 27.3 Å². The van der Waals surface area contributed by atoms with E-state index in [0.717, 1.165) is 18.8 Å². The lowest BCUT2D eigenvalue weighted by Crippen LogP contribution is -2.05. The molecule has 0 atom stereocenters. The number of thiophene rings is 1. The van der Waals surface area contributed by atoms with Crippen molar-refractivity contribution in [2.75, 3.05) is 11.9 Å². The lowest BCUT2D eigenvalue weighted by atomic mass is 10.3. The third-order valence-electron chi connectivity index (χ3n) is 1.89. The summed E-state index contributed by atoms with van der Waals surface area (Å²) in [4.78, 5) is 9.31. The first-order valence-electron chi connectivity index (χ1n) is 4.59. The summed E-state index contributed by atoms with van der Waals surface area (Å²) >= 11 is 5.21. The molecule has 0 bridgehead atoms. The zero-order valence-electron chi connectivity index (χ0n) is 7.98. The smallest absolute Gasteiger partial charge is 0.129 e. The Morgan fingerprint density at radius 3 is 2.93 bits per heavy atom. The van der Waals surface area contributed by atoms with Gasteiger partial charge in [0.05, 0.1) is 3.79 Å². The van der Waals surface area contributed by atoms with Gasteiger partial charge in [-0.2, -0.15) is 0 Å². The van der Waals surface area contributed by atoms with Gasteiger partial charge in [0.2, 0.25) is 0 Å². The number of nitrogens with one attached hydrogen (secondary N) is 1. The van der Waals surface area contributed by atoms with Crippen LogP contribution in [-0.2, 0) is 6.42 Å². The van der Waals surface area contributed by atoms with Crippen molar-refractivity contribution in [3.05, 3.63) is 39.4 Å². The molecule has 0 aromatic carbocycles.